The molecule has 0 aliphatic carbocycles. The molecule has 11 rings (SSSR count). The van der Waals surface area contributed by atoms with Gasteiger partial charge in [-0.1, -0.05) is 176 Å². The van der Waals surface area contributed by atoms with Crippen molar-refractivity contribution in [2.24, 2.45) is 0 Å². The third-order valence-corrected chi connectivity index (χ3v) is 11.2. The fourth-order valence-electron chi connectivity index (χ4n) is 8.43. The lowest BCUT2D eigenvalue weighted by atomic mass is 9.97. The Morgan fingerprint density at radius 1 is 0.298 bits per heavy atom. The zero-order valence-electron chi connectivity index (χ0n) is 31.0. The molecule has 57 heavy (non-hydrogen) atoms. The van der Waals surface area contributed by atoms with Gasteiger partial charge in [-0.25, -0.2) is 9.97 Å². The standard InChI is InChI=1S/C54H35N3/c1-2-14-41(15-3-1)54-55-50(35-51(56-54)47-22-11-17-39-13-5-7-19-45(39)47)40-26-24-36(25-27-40)37-28-31-43(32-29-37)57-52-23-9-8-20-48(52)49-34-42(30-33-53(49)57)46-21-10-16-38-12-4-6-18-44(38)46/h1-35H. The fraction of sp³-hybridized carbons (Fsp3) is 0. The van der Waals surface area contributed by atoms with Crippen molar-refractivity contribution in [2.75, 3.05) is 0 Å². The Hall–Kier alpha value is -7.62. The van der Waals surface area contributed by atoms with Crippen LogP contribution in [-0.4, -0.2) is 14.5 Å². The molecule has 0 unspecified atom stereocenters. The Balaban J connectivity index is 0.947. The number of para-hydroxylation sites is 1. The molecular formula is C54H35N3. The van der Waals surface area contributed by atoms with Crippen molar-refractivity contribution in [1.82, 2.24) is 14.5 Å². The molecule has 9 aromatic carbocycles. The van der Waals surface area contributed by atoms with Gasteiger partial charge in [0.1, 0.15) is 0 Å². The predicted octanol–water partition coefficient (Wildman–Crippen LogP) is 14.2. The number of nitrogens with zero attached hydrogens (tertiary/aromatic N) is 3. The van der Waals surface area contributed by atoms with E-state index >= 15 is 0 Å². The number of hydrogen-bond donors (Lipinski definition) is 0. The van der Waals surface area contributed by atoms with E-state index in [9.17, 15) is 0 Å². The van der Waals surface area contributed by atoms with Gasteiger partial charge in [0.15, 0.2) is 5.82 Å². The van der Waals surface area contributed by atoms with E-state index < -0.39 is 0 Å². The van der Waals surface area contributed by atoms with Crippen LogP contribution in [0.3, 0.4) is 0 Å². The van der Waals surface area contributed by atoms with Gasteiger partial charge in [0.05, 0.1) is 22.4 Å². The van der Waals surface area contributed by atoms with Crippen LogP contribution >= 0.6 is 0 Å². The molecule has 11 aromatic rings. The van der Waals surface area contributed by atoms with Gasteiger partial charge >= 0.3 is 0 Å². The Morgan fingerprint density at radius 3 is 1.56 bits per heavy atom. The molecule has 0 atom stereocenters. The molecule has 0 saturated heterocycles. The van der Waals surface area contributed by atoms with Crippen molar-refractivity contribution in [2.45, 2.75) is 0 Å². The van der Waals surface area contributed by atoms with E-state index in [-0.39, 0.29) is 0 Å². The van der Waals surface area contributed by atoms with Crippen molar-refractivity contribution >= 4 is 43.4 Å². The van der Waals surface area contributed by atoms with Crippen molar-refractivity contribution in [1.29, 1.82) is 0 Å². The van der Waals surface area contributed by atoms with Crippen LogP contribution in [0, 0.1) is 0 Å². The zero-order chi connectivity index (χ0) is 37.7. The second kappa shape index (κ2) is 13.6. The molecule has 0 radical (unpaired) electrons. The lowest BCUT2D eigenvalue weighted by Gasteiger charge is -2.12. The Morgan fingerprint density at radius 2 is 0.825 bits per heavy atom. The van der Waals surface area contributed by atoms with Gasteiger partial charge in [-0.05, 0) is 80.2 Å². The lowest BCUT2D eigenvalue weighted by molar-refractivity contribution is 1.18. The minimum Gasteiger partial charge on any atom is -0.309 e. The summed E-state index contributed by atoms with van der Waals surface area (Å²) in [5.41, 5.74) is 13.3. The highest BCUT2D eigenvalue weighted by atomic mass is 15.0. The highest BCUT2D eigenvalue weighted by Crippen LogP contribution is 2.38. The molecular weight excluding hydrogens is 691 g/mol. The van der Waals surface area contributed by atoms with Gasteiger partial charge in [-0.15, -0.1) is 0 Å². The molecule has 0 fully saturated rings. The highest BCUT2D eigenvalue weighted by molar-refractivity contribution is 6.11. The van der Waals surface area contributed by atoms with E-state index in [4.69, 9.17) is 9.97 Å². The number of hydrogen-bond acceptors (Lipinski definition) is 2. The van der Waals surface area contributed by atoms with E-state index in [1.165, 1.54) is 54.5 Å². The van der Waals surface area contributed by atoms with Crippen LogP contribution in [-0.2, 0) is 0 Å². The molecule has 0 amide bonds. The van der Waals surface area contributed by atoms with Crippen LogP contribution in [0.25, 0.3) is 105 Å². The summed E-state index contributed by atoms with van der Waals surface area (Å²) in [4.78, 5) is 10.2. The fourth-order valence-corrected chi connectivity index (χ4v) is 8.43. The summed E-state index contributed by atoms with van der Waals surface area (Å²) in [5, 5.41) is 7.39. The smallest absolute Gasteiger partial charge is 0.160 e. The molecule has 3 heteroatoms. The van der Waals surface area contributed by atoms with E-state index in [1.807, 2.05) is 18.2 Å². The quantitative estimate of drug-likeness (QED) is 0.171. The summed E-state index contributed by atoms with van der Waals surface area (Å²) < 4.78 is 2.39. The third kappa shape index (κ3) is 5.76. The summed E-state index contributed by atoms with van der Waals surface area (Å²) in [6, 6.07) is 75.7. The van der Waals surface area contributed by atoms with Crippen LogP contribution in [0.4, 0.5) is 0 Å². The molecule has 2 heterocycles. The summed E-state index contributed by atoms with van der Waals surface area (Å²) in [6.45, 7) is 0. The summed E-state index contributed by atoms with van der Waals surface area (Å²) in [5.74, 6) is 0.713. The zero-order valence-corrected chi connectivity index (χ0v) is 31.0. The van der Waals surface area contributed by atoms with Gasteiger partial charge < -0.3 is 4.57 Å². The van der Waals surface area contributed by atoms with Gasteiger partial charge in [-0.2, -0.15) is 0 Å². The average Bonchev–Trinajstić information content (AvgIpc) is 3.62. The van der Waals surface area contributed by atoms with Gasteiger partial charge in [0.25, 0.3) is 0 Å². The summed E-state index contributed by atoms with van der Waals surface area (Å²) >= 11 is 0. The first-order valence-corrected chi connectivity index (χ1v) is 19.4. The van der Waals surface area contributed by atoms with Crippen molar-refractivity contribution < 1.29 is 0 Å². The van der Waals surface area contributed by atoms with E-state index in [0.29, 0.717) is 5.82 Å². The first kappa shape index (κ1) is 32.8. The lowest BCUT2D eigenvalue weighted by Crippen LogP contribution is -1.96. The first-order chi connectivity index (χ1) is 28.2. The van der Waals surface area contributed by atoms with Crippen LogP contribution in [0.5, 0.6) is 0 Å². The van der Waals surface area contributed by atoms with Gasteiger partial charge in [0, 0.05) is 33.2 Å². The molecule has 0 bridgehead atoms. The monoisotopic (exact) mass is 725 g/mol. The molecule has 2 aromatic heterocycles. The van der Waals surface area contributed by atoms with Crippen molar-refractivity contribution in [3.8, 4) is 61.8 Å². The first-order valence-electron chi connectivity index (χ1n) is 19.4. The molecule has 0 aliphatic rings. The summed E-state index contributed by atoms with van der Waals surface area (Å²) in [6.07, 6.45) is 0. The topological polar surface area (TPSA) is 30.7 Å². The van der Waals surface area contributed by atoms with Crippen LogP contribution in [0.15, 0.2) is 212 Å². The third-order valence-electron chi connectivity index (χ3n) is 11.2. The number of rotatable bonds is 6. The van der Waals surface area contributed by atoms with Crippen molar-refractivity contribution in [3.05, 3.63) is 212 Å². The SMILES string of the molecule is c1ccc(-c2nc(-c3ccc(-c4ccc(-n5c6ccccc6c6cc(-c7cccc8ccccc78)ccc65)cc4)cc3)cc(-c3cccc4ccccc34)n2)cc1. The van der Waals surface area contributed by atoms with Gasteiger partial charge in [-0.3, -0.25) is 0 Å². The number of benzene rings is 9. The van der Waals surface area contributed by atoms with Crippen LogP contribution in [0.2, 0.25) is 0 Å². The maximum Gasteiger partial charge on any atom is 0.160 e. The minimum absolute atomic E-state index is 0.713. The average molecular weight is 726 g/mol. The van der Waals surface area contributed by atoms with E-state index in [1.54, 1.807) is 0 Å². The second-order valence-corrected chi connectivity index (χ2v) is 14.6. The normalized spacial score (nSPS) is 11.5. The molecule has 0 saturated carbocycles. The Kier molecular flexibility index (Phi) is 7.82. The molecule has 0 aliphatic heterocycles. The van der Waals surface area contributed by atoms with Crippen LogP contribution < -0.4 is 0 Å². The predicted molar refractivity (Wildman–Crippen MR) is 239 cm³/mol. The largest absolute Gasteiger partial charge is 0.309 e. The minimum atomic E-state index is 0.713. The maximum atomic E-state index is 5.10. The molecule has 0 N–H and O–H groups in total. The maximum absolute atomic E-state index is 5.10. The number of fused-ring (bicyclic) bond motifs is 5. The Labute approximate surface area is 330 Å². The van der Waals surface area contributed by atoms with Gasteiger partial charge in [0.2, 0.25) is 0 Å². The Bertz CT molecular complexity index is 3260. The number of aromatic nitrogens is 3. The summed E-state index contributed by atoms with van der Waals surface area (Å²) in [7, 11) is 0. The second-order valence-electron chi connectivity index (χ2n) is 14.6. The molecule has 3 nitrogen and oxygen atoms in total. The molecule has 0 spiro atoms. The highest BCUT2D eigenvalue weighted by Gasteiger charge is 2.16. The van der Waals surface area contributed by atoms with E-state index in [0.717, 1.165) is 44.9 Å². The molecule has 266 valence electrons. The van der Waals surface area contributed by atoms with E-state index in [2.05, 4.69) is 199 Å². The van der Waals surface area contributed by atoms with Crippen LogP contribution in [0.1, 0.15) is 0 Å². The van der Waals surface area contributed by atoms with Crippen molar-refractivity contribution in [3.63, 3.8) is 0 Å².